The molecule has 0 radical (unpaired) electrons. The first kappa shape index (κ1) is 15.7. The highest BCUT2D eigenvalue weighted by Crippen LogP contribution is 2.18. The van der Waals surface area contributed by atoms with Crippen LogP contribution in [0.2, 0.25) is 0 Å². The molecule has 0 saturated heterocycles. The van der Waals surface area contributed by atoms with Crippen LogP contribution in [0.3, 0.4) is 0 Å². The molecule has 2 aromatic rings. The van der Waals surface area contributed by atoms with Gasteiger partial charge >= 0.3 is 0 Å². The summed E-state index contributed by atoms with van der Waals surface area (Å²) in [6.07, 6.45) is 4.63. The molecular formula is C17H18N2O3S. The van der Waals surface area contributed by atoms with Crippen LogP contribution in [0.1, 0.15) is 22.5 Å². The largest absolute Gasteiger partial charge is 0.487 e. The molecule has 0 unspecified atom stereocenters. The van der Waals surface area contributed by atoms with E-state index in [-0.39, 0.29) is 24.5 Å². The SMILES string of the molecule is O=C(N[C@@H]1C=C[C@H](CO)C1)c1ccc(OCc2cscn2)cc1. The second-order valence-electron chi connectivity index (χ2n) is 5.44. The molecule has 1 aromatic carbocycles. The van der Waals surface area contributed by atoms with Crippen LogP contribution in [-0.4, -0.2) is 28.6 Å². The first-order chi connectivity index (χ1) is 11.2. The van der Waals surface area contributed by atoms with E-state index >= 15 is 0 Å². The molecule has 1 heterocycles. The van der Waals surface area contributed by atoms with Crippen molar-refractivity contribution in [3.63, 3.8) is 0 Å². The quantitative estimate of drug-likeness (QED) is 0.798. The molecule has 0 aliphatic heterocycles. The molecule has 0 saturated carbocycles. The zero-order valence-corrected chi connectivity index (χ0v) is 13.3. The molecule has 3 rings (SSSR count). The van der Waals surface area contributed by atoms with Crippen molar-refractivity contribution in [1.29, 1.82) is 0 Å². The van der Waals surface area contributed by atoms with Gasteiger partial charge in [0, 0.05) is 29.5 Å². The molecule has 2 N–H and O–H groups in total. The van der Waals surface area contributed by atoms with Crippen molar-refractivity contribution in [1.82, 2.24) is 10.3 Å². The van der Waals surface area contributed by atoms with Gasteiger partial charge in [-0.3, -0.25) is 4.79 Å². The zero-order chi connectivity index (χ0) is 16.1. The monoisotopic (exact) mass is 330 g/mol. The Hall–Kier alpha value is -2.18. The number of nitrogens with one attached hydrogen (secondary N) is 1. The summed E-state index contributed by atoms with van der Waals surface area (Å²) in [7, 11) is 0. The Balaban J connectivity index is 1.52. The van der Waals surface area contributed by atoms with Crippen LogP contribution in [0.4, 0.5) is 0 Å². The Morgan fingerprint density at radius 2 is 2.17 bits per heavy atom. The number of rotatable bonds is 6. The number of carbonyl (C=O) groups excluding carboxylic acids is 1. The minimum absolute atomic E-state index is 0.0137. The molecule has 2 atom stereocenters. The van der Waals surface area contributed by atoms with Gasteiger partial charge in [-0.2, -0.15) is 0 Å². The van der Waals surface area contributed by atoms with Gasteiger partial charge in [-0.25, -0.2) is 4.98 Å². The van der Waals surface area contributed by atoms with Crippen molar-refractivity contribution in [3.8, 4) is 5.75 Å². The molecule has 1 aliphatic rings. The fraction of sp³-hybridized carbons (Fsp3) is 0.294. The Morgan fingerprint density at radius 3 is 2.83 bits per heavy atom. The molecule has 1 aliphatic carbocycles. The van der Waals surface area contributed by atoms with Crippen LogP contribution < -0.4 is 10.1 Å². The summed E-state index contributed by atoms with van der Waals surface area (Å²) in [5, 5.41) is 14.0. The first-order valence-electron chi connectivity index (χ1n) is 7.44. The third-order valence-electron chi connectivity index (χ3n) is 3.71. The number of nitrogens with zero attached hydrogens (tertiary/aromatic N) is 1. The van der Waals surface area contributed by atoms with E-state index in [1.807, 2.05) is 17.5 Å². The van der Waals surface area contributed by atoms with Crippen molar-refractivity contribution in [3.05, 3.63) is 58.6 Å². The number of carbonyl (C=O) groups is 1. The number of ether oxygens (including phenoxy) is 1. The highest BCUT2D eigenvalue weighted by Gasteiger charge is 2.20. The van der Waals surface area contributed by atoms with Crippen molar-refractivity contribution < 1.29 is 14.6 Å². The van der Waals surface area contributed by atoms with Crippen LogP contribution in [0.5, 0.6) is 5.75 Å². The molecule has 0 bridgehead atoms. The number of hydrogen-bond donors (Lipinski definition) is 2. The van der Waals surface area contributed by atoms with Crippen molar-refractivity contribution >= 4 is 17.2 Å². The molecule has 120 valence electrons. The predicted molar refractivity (Wildman–Crippen MR) is 88.5 cm³/mol. The maximum atomic E-state index is 12.2. The van der Waals surface area contributed by atoms with Gasteiger partial charge in [0.1, 0.15) is 12.4 Å². The Morgan fingerprint density at radius 1 is 1.35 bits per heavy atom. The van der Waals surface area contributed by atoms with Gasteiger partial charge in [0.15, 0.2) is 0 Å². The average Bonchev–Trinajstić information content (AvgIpc) is 3.25. The Kier molecular flexibility index (Phi) is 5.05. The summed E-state index contributed by atoms with van der Waals surface area (Å²) >= 11 is 1.53. The van der Waals surface area contributed by atoms with E-state index in [1.165, 1.54) is 11.3 Å². The maximum absolute atomic E-state index is 12.2. The minimum atomic E-state index is -0.121. The van der Waals surface area contributed by atoms with Crippen molar-refractivity contribution in [2.45, 2.75) is 19.1 Å². The number of amides is 1. The Bertz CT molecular complexity index is 668. The van der Waals surface area contributed by atoms with Crippen LogP contribution in [0.15, 0.2) is 47.3 Å². The molecule has 6 heteroatoms. The summed E-state index contributed by atoms with van der Waals surface area (Å²) in [4.78, 5) is 16.3. The number of aromatic nitrogens is 1. The average molecular weight is 330 g/mol. The number of benzene rings is 1. The van der Waals surface area contributed by atoms with Gasteiger partial charge in [-0.05, 0) is 30.7 Å². The van der Waals surface area contributed by atoms with Gasteiger partial charge in [0.2, 0.25) is 0 Å². The summed E-state index contributed by atoms with van der Waals surface area (Å²) in [5.41, 5.74) is 3.25. The number of aliphatic hydroxyl groups is 1. The topological polar surface area (TPSA) is 71.5 Å². The smallest absolute Gasteiger partial charge is 0.251 e. The molecular weight excluding hydrogens is 312 g/mol. The lowest BCUT2D eigenvalue weighted by molar-refractivity contribution is 0.0941. The second kappa shape index (κ2) is 7.39. The highest BCUT2D eigenvalue weighted by molar-refractivity contribution is 7.07. The summed E-state index contributed by atoms with van der Waals surface area (Å²) in [6, 6.07) is 7.03. The molecule has 0 spiro atoms. The fourth-order valence-corrected chi connectivity index (χ4v) is 2.98. The van der Waals surface area contributed by atoms with Crippen LogP contribution in [0.25, 0.3) is 0 Å². The van der Waals surface area contributed by atoms with Crippen LogP contribution >= 0.6 is 11.3 Å². The number of hydrogen-bond acceptors (Lipinski definition) is 5. The zero-order valence-electron chi connectivity index (χ0n) is 12.5. The standard InChI is InChI=1S/C17H18N2O3S/c20-8-12-1-4-14(7-12)19-17(21)13-2-5-16(6-3-13)22-9-15-10-23-11-18-15/h1-6,10-12,14,20H,7-9H2,(H,19,21)/t12-,14+/m0/s1. The van der Waals surface area contributed by atoms with Crippen LogP contribution in [0, 0.1) is 5.92 Å². The van der Waals surface area contributed by atoms with Gasteiger partial charge in [-0.1, -0.05) is 12.2 Å². The van der Waals surface area contributed by atoms with Gasteiger partial charge in [0.25, 0.3) is 5.91 Å². The minimum Gasteiger partial charge on any atom is -0.487 e. The highest BCUT2D eigenvalue weighted by atomic mass is 32.1. The molecule has 23 heavy (non-hydrogen) atoms. The van der Waals surface area contributed by atoms with E-state index in [0.29, 0.717) is 17.9 Å². The first-order valence-corrected chi connectivity index (χ1v) is 8.39. The van der Waals surface area contributed by atoms with E-state index in [4.69, 9.17) is 9.84 Å². The third-order valence-corrected chi connectivity index (χ3v) is 4.35. The van der Waals surface area contributed by atoms with Crippen molar-refractivity contribution in [2.75, 3.05) is 6.61 Å². The number of aliphatic hydroxyl groups excluding tert-OH is 1. The summed E-state index contributed by atoms with van der Waals surface area (Å²) in [5.74, 6) is 0.724. The lowest BCUT2D eigenvalue weighted by Gasteiger charge is -2.13. The molecule has 5 nitrogen and oxygen atoms in total. The predicted octanol–water partition coefficient (Wildman–Crippen LogP) is 2.39. The second-order valence-corrected chi connectivity index (χ2v) is 6.15. The maximum Gasteiger partial charge on any atom is 0.251 e. The van der Waals surface area contributed by atoms with Gasteiger partial charge in [0.05, 0.1) is 11.2 Å². The lowest BCUT2D eigenvalue weighted by atomic mass is 10.1. The molecule has 0 fully saturated rings. The number of thiazole rings is 1. The van der Waals surface area contributed by atoms with E-state index in [0.717, 1.165) is 12.1 Å². The Labute approximate surface area is 138 Å². The van der Waals surface area contributed by atoms with Gasteiger partial charge < -0.3 is 15.2 Å². The van der Waals surface area contributed by atoms with E-state index in [2.05, 4.69) is 10.3 Å². The van der Waals surface area contributed by atoms with Crippen molar-refractivity contribution in [2.24, 2.45) is 5.92 Å². The third kappa shape index (κ3) is 4.18. The summed E-state index contributed by atoms with van der Waals surface area (Å²) in [6.45, 7) is 0.540. The van der Waals surface area contributed by atoms with E-state index in [1.54, 1.807) is 29.8 Å². The van der Waals surface area contributed by atoms with Gasteiger partial charge in [-0.15, -0.1) is 11.3 Å². The molecule has 1 aromatic heterocycles. The summed E-state index contributed by atoms with van der Waals surface area (Å²) < 4.78 is 5.62. The van der Waals surface area contributed by atoms with E-state index < -0.39 is 0 Å². The lowest BCUT2D eigenvalue weighted by Crippen LogP contribution is -2.32. The normalized spacial score (nSPS) is 19.7. The van der Waals surface area contributed by atoms with Crippen LogP contribution in [-0.2, 0) is 6.61 Å². The molecule has 1 amide bonds. The fourth-order valence-electron chi connectivity index (χ4n) is 2.44. The van der Waals surface area contributed by atoms with E-state index in [9.17, 15) is 4.79 Å².